The van der Waals surface area contributed by atoms with E-state index in [1.54, 1.807) is 4.90 Å². The van der Waals surface area contributed by atoms with Gasteiger partial charge in [-0.3, -0.25) is 14.9 Å². The number of hydrogen-bond acceptors (Lipinski definition) is 4. The van der Waals surface area contributed by atoms with Crippen LogP contribution in [0.15, 0.2) is 30.3 Å². The highest BCUT2D eigenvalue weighted by atomic mass is 16.6. The first-order chi connectivity index (χ1) is 10.6. The van der Waals surface area contributed by atoms with Crippen molar-refractivity contribution in [2.45, 2.75) is 31.4 Å². The molecule has 1 aromatic rings. The second kappa shape index (κ2) is 6.04. The van der Waals surface area contributed by atoms with Crippen LogP contribution in [0, 0.1) is 22.0 Å². The van der Waals surface area contributed by atoms with E-state index >= 15 is 0 Å². The Morgan fingerprint density at radius 2 is 1.91 bits per heavy atom. The Kier molecular flexibility index (Phi) is 4.11. The zero-order valence-corrected chi connectivity index (χ0v) is 12.3. The molecule has 1 amide bonds. The Labute approximate surface area is 128 Å². The van der Waals surface area contributed by atoms with Crippen molar-refractivity contribution in [2.24, 2.45) is 11.8 Å². The predicted molar refractivity (Wildman–Crippen MR) is 79.6 cm³/mol. The minimum absolute atomic E-state index is 0.0886. The molecular formula is C16H20N2O4. The summed E-state index contributed by atoms with van der Waals surface area (Å²) in [5.41, 5.74) is 0.905. The van der Waals surface area contributed by atoms with E-state index in [2.05, 4.69) is 0 Å². The standard InChI is InChI=1S/C16H20N2O4/c19-15(11-4-2-1-3-5-11)12-6-8-17(9-7-12)16(20)13-10-14(13)18(21)22/h1-5,12-15,19H,6-10H2/t13-,14-,15-/m1/s1. The number of benzene rings is 1. The first-order valence-electron chi connectivity index (χ1n) is 7.73. The van der Waals surface area contributed by atoms with Gasteiger partial charge in [0.25, 0.3) is 0 Å². The third kappa shape index (κ3) is 2.97. The van der Waals surface area contributed by atoms with Gasteiger partial charge in [-0.2, -0.15) is 0 Å². The van der Waals surface area contributed by atoms with Crippen LogP contribution >= 0.6 is 0 Å². The average molecular weight is 304 g/mol. The molecule has 0 aromatic heterocycles. The molecule has 0 radical (unpaired) electrons. The highest BCUT2D eigenvalue weighted by Gasteiger charge is 2.54. The molecule has 1 N–H and O–H groups in total. The summed E-state index contributed by atoms with van der Waals surface area (Å²) in [7, 11) is 0. The molecule has 0 bridgehead atoms. The molecule has 1 aliphatic heterocycles. The van der Waals surface area contributed by atoms with Gasteiger partial charge < -0.3 is 10.0 Å². The SMILES string of the molecule is O=C([C@@H]1C[C@H]1[N+](=O)[O-])N1CCC([C@H](O)c2ccccc2)CC1. The summed E-state index contributed by atoms with van der Waals surface area (Å²) in [5.74, 6) is -0.378. The molecule has 3 rings (SSSR count). The van der Waals surface area contributed by atoms with Crippen molar-refractivity contribution in [1.29, 1.82) is 0 Å². The number of likely N-dealkylation sites (tertiary alicyclic amines) is 1. The molecule has 2 aliphatic rings. The minimum atomic E-state index is -0.680. The van der Waals surface area contributed by atoms with Crippen LogP contribution in [0.25, 0.3) is 0 Å². The fourth-order valence-corrected chi connectivity index (χ4v) is 3.27. The van der Waals surface area contributed by atoms with E-state index in [9.17, 15) is 20.0 Å². The van der Waals surface area contributed by atoms with Crippen molar-refractivity contribution in [3.63, 3.8) is 0 Å². The van der Waals surface area contributed by atoms with Crippen molar-refractivity contribution in [3.8, 4) is 0 Å². The highest BCUT2D eigenvalue weighted by Crippen LogP contribution is 2.37. The third-order valence-corrected chi connectivity index (χ3v) is 4.78. The number of hydrogen-bond donors (Lipinski definition) is 1. The van der Waals surface area contributed by atoms with Gasteiger partial charge in [-0.25, -0.2) is 0 Å². The largest absolute Gasteiger partial charge is 0.388 e. The topological polar surface area (TPSA) is 83.7 Å². The number of piperidine rings is 1. The lowest BCUT2D eigenvalue weighted by atomic mass is 9.87. The molecule has 2 fully saturated rings. The van der Waals surface area contributed by atoms with Crippen LogP contribution in [0.3, 0.4) is 0 Å². The van der Waals surface area contributed by atoms with Crippen molar-refractivity contribution in [2.75, 3.05) is 13.1 Å². The Bertz CT molecular complexity index is 555. The fourth-order valence-electron chi connectivity index (χ4n) is 3.27. The van der Waals surface area contributed by atoms with E-state index in [1.165, 1.54) is 0 Å². The lowest BCUT2D eigenvalue weighted by Gasteiger charge is -2.34. The summed E-state index contributed by atoms with van der Waals surface area (Å²) in [6.45, 7) is 1.16. The molecule has 1 saturated heterocycles. The molecule has 0 spiro atoms. The van der Waals surface area contributed by atoms with Gasteiger partial charge in [-0.05, 0) is 24.3 Å². The van der Waals surface area contributed by atoms with Crippen LogP contribution in [-0.2, 0) is 4.79 Å². The lowest BCUT2D eigenvalue weighted by Crippen LogP contribution is -2.41. The number of aliphatic hydroxyl groups is 1. The van der Waals surface area contributed by atoms with Crippen LogP contribution in [0.1, 0.15) is 30.9 Å². The number of amides is 1. The van der Waals surface area contributed by atoms with Crippen molar-refractivity contribution in [3.05, 3.63) is 46.0 Å². The number of carbonyl (C=O) groups is 1. The van der Waals surface area contributed by atoms with Crippen molar-refractivity contribution in [1.82, 2.24) is 4.90 Å². The zero-order valence-electron chi connectivity index (χ0n) is 12.3. The maximum Gasteiger partial charge on any atom is 0.232 e. The van der Waals surface area contributed by atoms with E-state index in [4.69, 9.17) is 0 Å². The van der Waals surface area contributed by atoms with Gasteiger partial charge in [0.1, 0.15) is 5.92 Å². The molecule has 1 aromatic carbocycles. The molecule has 6 nitrogen and oxygen atoms in total. The van der Waals surface area contributed by atoms with Gasteiger partial charge in [0.2, 0.25) is 11.9 Å². The molecule has 1 saturated carbocycles. The second-order valence-corrected chi connectivity index (χ2v) is 6.21. The summed E-state index contributed by atoms with van der Waals surface area (Å²) in [4.78, 5) is 24.2. The van der Waals surface area contributed by atoms with Gasteiger partial charge in [-0.1, -0.05) is 30.3 Å². The maximum absolute atomic E-state index is 12.2. The molecule has 1 aliphatic carbocycles. The van der Waals surface area contributed by atoms with E-state index in [0.29, 0.717) is 19.5 Å². The highest BCUT2D eigenvalue weighted by molar-refractivity contribution is 5.82. The smallest absolute Gasteiger partial charge is 0.232 e. The first kappa shape index (κ1) is 15.0. The second-order valence-electron chi connectivity index (χ2n) is 6.21. The quantitative estimate of drug-likeness (QED) is 0.677. The summed E-state index contributed by atoms with van der Waals surface area (Å²) in [6.07, 6.45) is 1.33. The molecule has 0 unspecified atom stereocenters. The number of carbonyl (C=O) groups excluding carboxylic acids is 1. The minimum Gasteiger partial charge on any atom is -0.388 e. The molecule has 118 valence electrons. The summed E-state index contributed by atoms with van der Waals surface area (Å²) in [5, 5.41) is 21.1. The van der Waals surface area contributed by atoms with E-state index in [0.717, 1.165) is 18.4 Å². The van der Waals surface area contributed by atoms with Crippen LogP contribution in [0.2, 0.25) is 0 Å². The summed E-state index contributed by atoms with van der Waals surface area (Å²) < 4.78 is 0. The van der Waals surface area contributed by atoms with E-state index in [1.807, 2.05) is 30.3 Å². The summed E-state index contributed by atoms with van der Waals surface area (Å²) in [6, 6.07) is 8.87. The lowest BCUT2D eigenvalue weighted by molar-refractivity contribution is -0.497. The first-order valence-corrected chi connectivity index (χ1v) is 7.73. The van der Waals surface area contributed by atoms with Gasteiger partial charge in [-0.15, -0.1) is 0 Å². The van der Waals surface area contributed by atoms with Gasteiger partial charge >= 0.3 is 0 Å². The van der Waals surface area contributed by atoms with Crippen LogP contribution in [0.4, 0.5) is 0 Å². The third-order valence-electron chi connectivity index (χ3n) is 4.78. The van der Waals surface area contributed by atoms with Gasteiger partial charge in [0.05, 0.1) is 6.10 Å². The number of aliphatic hydroxyl groups excluding tert-OH is 1. The zero-order chi connectivity index (χ0) is 15.7. The normalized spacial score (nSPS) is 26.5. The van der Waals surface area contributed by atoms with Gasteiger partial charge in [0, 0.05) is 24.4 Å². The van der Waals surface area contributed by atoms with Crippen molar-refractivity contribution < 1.29 is 14.8 Å². The average Bonchev–Trinajstić information content (AvgIpc) is 3.35. The number of rotatable bonds is 4. The Morgan fingerprint density at radius 1 is 1.27 bits per heavy atom. The Hall–Kier alpha value is -1.95. The molecule has 1 heterocycles. The molecular weight excluding hydrogens is 284 g/mol. The molecule has 22 heavy (non-hydrogen) atoms. The predicted octanol–water partition coefficient (Wildman–Crippen LogP) is 1.62. The van der Waals surface area contributed by atoms with Gasteiger partial charge in [0.15, 0.2) is 0 Å². The van der Waals surface area contributed by atoms with E-state index < -0.39 is 18.1 Å². The van der Waals surface area contributed by atoms with E-state index in [-0.39, 0.29) is 16.7 Å². The number of nitro groups is 1. The fraction of sp³-hybridized carbons (Fsp3) is 0.562. The number of nitrogens with zero attached hydrogens (tertiary/aromatic N) is 2. The molecule has 3 atom stereocenters. The van der Waals surface area contributed by atoms with Crippen LogP contribution in [-0.4, -0.2) is 40.0 Å². The maximum atomic E-state index is 12.2. The Balaban J connectivity index is 1.52. The Morgan fingerprint density at radius 3 is 2.45 bits per heavy atom. The molecule has 6 heteroatoms. The monoisotopic (exact) mass is 304 g/mol. The van der Waals surface area contributed by atoms with Crippen LogP contribution in [0.5, 0.6) is 0 Å². The van der Waals surface area contributed by atoms with Crippen LogP contribution < -0.4 is 0 Å². The summed E-state index contributed by atoms with van der Waals surface area (Å²) >= 11 is 0. The van der Waals surface area contributed by atoms with Crippen molar-refractivity contribution >= 4 is 5.91 Å².